The van der Waals surface area contributed by atoms with Crippen molar-refractivity contribution in [3.63, 3.8) is 0 Å². The third-order valence-corrected chi connectivity index (χ3v) is 3.30. The van der Waals surface area contributed by atoms with Crippen molar-refractivity contribution >= 4 is 11.6 Å². The molecule has 22 heavy (non-hydrogen) atoms. The number of benzene rings is 1. The number of carboxylic acid groups (broad SMARTS) is 1. The molecule has 3 aromatic rings. The maximum Gasteiger partial charge on any atom is 0.341 e. The highest BCUT2D eigenvalue weighted by Crippen LogP contribution is 2.20. The summed E-state index contributed by atoms with van der Waals surface area (Å²) >= 11 is 0. The monoisotopic (exact) mass is 303 g/mol. The van der Waals surface area contributed by atoms with Crippen molar-refractivity contribution in [3.05, 3.63) is 63.3 Å². The first kappa shape index (κ1) is 13.8. The molecular formula is C14H10FN3O4. The third kappa shape index (κ3) is 2.10. The largest absolute Gasteiger partial charge is 0.493 e. The molecule has 3 rings (SSSR count). The number of hydrogen-bond donors (Lipinski definition) is 3. The smallest absolute Gasteiger partial charge is 0.341 e. The average Bonchev–Trinajstić information content (AvgIpc) is 2.89. The van der Waals surface area contributed by atoms with Crippen molar-refractivity contribution in [3.8, 4) is 5.88 Å². The number of halogens is 1. The first-order valence-corrected chi connectivity index (χ1v) is 6.27. The SMILES string of the molecule is O=C(O)c1cnn2c(O)c(Cc3ccccc3F)c(=O)[nH]c12. The minimum absolute atomic E-state index is 0.0994. The molecule has 0 fully saturated rings. The zero-order chi connectivity index (χ0) is 15.9. The van der Waals surface area contributed by atoms with Crippen molar-refractivity contribution in [2.24, 2.45) is 0 Å². The zero-order valence-corrected chi connectivity index (χ0v) is 11.1. The lowest BCUT2D eigenvalue weighted by molar-refractivity contribution is 0.0698. The van der Waals surface area contributed by atoms with Gasteiger partial charge in [0.1, 0.15) is 11.4 Å². The molecule has 7 nitrogen and oxygen atoms in total. The van der Waals surface area contributed by atoms with Crippen LogP contribution in [0.4, 0.5) is 4.39 Å². The summed E-state index contributed by atoms with van der Waals surface area (Å²) in [6.07, 6.45) is 0.867. The molecule has 0 spiro atoms. The maximum atomic E-state index is 13.7. The topological polar surface area (TPSA) is 108 Å². The quantitative estimate of drug-likeness (QED) is 0.673. The summed E-state index contributed by atoms with van der Waals surface area (Å²) in [6.45, 7) is 0. The Balaban J connectivity index is 2.18. The Morgan fingerprint density at radius 2 is 2.09 bits per heavy atom. The van der Waals surface area contributed by atoms with Crippen LogP contribution in [-0.4, -0.2) is 30.8 Å². The summed E-state index contributed by atoms with van der Waals surface area (Å²) in [6, 6.07) is 5.86. The van der Waals surface area contributed by atoms with Crippen molar-refractivity contribution < 1.29 is 19.4 Å². The maximum absolute atomic E-state index is 13.7. The van der Waals surface area contributed by atoms with E-state index in [2.05, 4.69) is 10.1 Å². The van der Waals surface area contributed by atoms with Gasteiger partial charge in [0.05, 0.1) is 11.8 Å². The molecule has 0 unspecified atom stereocenters. The molecule has 1 aromatic carbocycles. The molecule has 0 bridgehead atoms. The van der Waals surface area contributed by atoms with Gasteiger partial charge in [-0.05, 0) is 11.6 Å². The van der Waals surface area contributed by atoms with Crippen LogP contribution in [0.2, 0.25) is 0 Å². The van der Waals surface area contributed by atoms with E-state index in [1.165, 1.54) is 18.2 Å². The summed E-state index contributed by atoms with van der Waals surface area (Å²) in [5, 5.41) is 22.9. The van der Waals surface area contributed by atoms with Crippen LogP contribution in [0.3, 0.4) is 0 Å². The number of H-pyrrole nitrogens is 1. The van der Waals surface area contributed by atoms with Gasteiger partial charge in [-0.25, -0.2) is 9.18 Å². The molecule has 0 aliphatic heterocycles. The normalized spacial score (nSPS) is 11.0. The first-order valence-electron chi connectivity index (χ1n) is 6.27. The number of nitrogens with zero attached hydrogens (tertiary/aromatic N) is 2. The Labute approximate surface area is 122 Å². The van der Waals surface area contributed by atoms with Crippen molar-refractivity contribution in [1.29, 1.82) is 0 Å². The van der Waals surface area contributed by atoms with E-state index in [0.29, 0.717) is 0 Å². The lowest BCUT2D eigenvalue weighted by Crippen LogP contribution is -2.17. The molecule has 2 heterocycles. The van der Waals surface area contributed by atoms with E-state index >= 15 is 0 Å². The summed E-state index contributed by atoms with van der Waals surface area (Å²) in [5.74, 6) is -2.31. The molecule has 0 amide bonds. The van der Waals surface area contributed by atoms with Crippen LogP contribution in [0.25, 0.3) is 5.65 Å². The van der Waals surface area contributed by atoms with Crippen molar-refractivity contribution in [2.75, 3.05) is 0 Å². The highest BCUT2D eigenvalue weighted by molar-refractivity contribution is 5.94. The molecule has 0 radical (unpaired) electrons. The van der Waals surface area contributed by atoms with Crippen LogP contribution >= 0.6 is 0 Å². The highest BCUT2D eigenvalue weighted by Gasteiger charge is 2.19. The number of hydrogen-bond acceptors (Lipinski definition) is 4. The molecule has 2 aromatic heterocycles. The number of aromatic nitrogens is 3. The van der Waals surface area contributed by atoms with Gasteiger partial charge in [-0.1, -0.05) is 18.2 Å². The zero-order valence-electron chi connectivity index (χ0n) is 11.1. The summed E-state index contributed by atoms with van der Waals surface area (Å²) < 4.78 is 14.6. The second-order valence-electron chi connectivity index (χ2n) is 4.65. The van der Waals surface area contributed by atoms with Gasteiger partial charge in [0, 0.05) is 6.42 Å². The minimum atomic E-state index is -1.29. The van der Waals surface area contributed by atoms with Crippen LogP contribution in [0.15, 0.2) is 35.3 Å². The van der Waals surface area contributed by atoms with E-state index in [9.17, 15) is 19.1 Å². The van der Waals surface area contributed by atoms with Gasteiger partial charge < -0.3 is 15.2 Å². The lowest BCUT2D eigenvalue weighted by atomic mass is 10.1. The predicted octanol–water partition coefficient (Wildman–Crippen LogP) is 1.16. The van der Waals surface area contributed by atoms with E-state index in [0.717, 1.165) is 10.7 Å². The number of rotatable bonds is 3. The molecule has 0 saturated heterocycles. The number of aromatic carboxylic acids is 1. The molecule has 112 valence electrons. The van der Waals surface area contributed by atoms with Gasteiger partial charge in [0.15, 0.2) is 5.65 Å². The van der Waals surface area contributed by atoms with E-state index in [4.69, 9.17) is 5.11 Å². The number of carbonyl (C=O) groups is 1. The fraction of sp³-hybridized carbons (Fsp3) is 0.0714. The van der Waals surface area contributed by atoms with Crippen LogP contribution in [0, 0.1) is 5.82 Å². The molecule has 0 aliphatic rings. The van der Waals surface area contributed by atoms with E-state index in [1.807, 2.05) is 0 Å². The highest BCUT2D eigenvalue weighted by atomic mass is 19.1. The van der Waals surface area contributed by atoms with Gasteiger partial charge in [-0.15, -0.1) is 0 Å². The second kappa shape index (κ2) is 4.99. The molecule has 0 saturated carbocycles. The Kier molecular flexibility index (Phi) is 3.13. The standard InChI is InChI=1S/C14H10FN3O4/c15-10-4-2-1-3-7(10)5-8-12(19)17-11-9(14(21)22)6-16-18(11)13(8)20/h1-4,6,20H,5H2,(H,17,19)(H,21,22). The number of carboxylic acids is 1. The number of fused-ring (bicyclic) bond motifs is 1. The van der Waals surface area contributed by atoms with Crippen molar-refractivity contribution in [2.45, 2.75) is 6.42 Å². The Morgan fingerprint density at radius 1 is 1.36 bits per heavy atom. The van der Waals surface area contributed by atoms with Crippen LogP contribution in [0.5, 0.6) is 5.88 Å². The molecule has 8 heteroatoms. The van der Waals surface area contributed by atoms with Gasteiger partial charge in [0.25, 0.3) is 5.56 Å². The fourth-order valence-corrected chi connectivity index (χ4v) is 2.19. The van der Waals surface area contributed by atoms with E-state index < -0.39 is 23.2 Å². The third-order valence-electron chi connectivity index (χ3n) is 3.30. The van der Waals surface area contributed by atoms with Crippen LogP contribution < -0.4 is 5.56 Å². The number of aromatic hydroxyl groups is 1. The molecular weight excluding hydrogens is 293 g/mol. The lowest BCUT2D eigenvalue weighted by Gasteiger charge is -2.06. The Hall–Kier alpha value is -3.16. The number of aromatic amines is 1. The Bertz CT molecular complexity index is 945. The molecule has 0 aliphatic carbocycles. The summed E-state index contributed by atoms with van der Waals surface area (Å²) in [5.41, 5.74) is -0.945. The van der Waals surface area contributed by atoms with Gasteiger partial charge >= 0.3 is 5.97 Å². The van der Waals surface area contributed by atoms with Gasteiger partial charge in [-0.3, -0.25) is 4.79 Å². The van der Waals surface area contributed by atoms with Gasteiger partial charge in [-0.2, -0.15) is 9.61 Å². The first-order chi connectivity index (χ1) is 10.5. The fourth-order valence-electron chi connectivity index (χ4n) is 2.19. The molecule has 3 N–H and O–H groups in total. The Morgan fingerprint density at radius 3 is 2.77 bits per heavy atom. The average molecular weight is 303 g/mol. The van der Waals surface area contributed by atoms with Gasteiger partial charge in [0.2, 0.25) is 5.88 Å². The second-order valence-corrected chi connectivity index (χ2v) is 4.65. The van der Waals surface area contributed by atoms with E-state index in [1.54, 1.807) is 6.07 Å². The number of nitrogens with one attached hydrogen (secondary N) is 1. The van der Waals surface area contributed by atoms with E-state index in [-0.39, 0.29) is 28.8 Å². The summed E-state index contributed by atoms with van der Waals surface area (Å²) in [7, 11) is 0. The van der Waals surface area contributed by atoms with Crippen LogP contribution in [0.1, 0.15) is 21.5 Å². The summed E-state index contributed by atoms with van der Waals surface area (Å²) in [4.78, 5) is 25.4. The minimum Gasteiger partial charge on any atom is -0.493 e. The van der Waals surface area contributed by atoms with Crippen molar-refractivity contribution in [1.82, 2.24) is 14.6 Å². The van der Waals surface area contributed by atoms with Crippen LogP contribution in [-0.2, 0) is 6.42 Å². The predicted molar refractivity (Wildman–Crippen MR) is 73.6 cm³/mol. The molecule has 0 atom stereocenters.